The number of aromatic nitrogens is 2. The number of H-pyrrole nitrogens is 1. The monoisotopic (exact) mass is 263 g/mol. The van der Waals surface area contributed by atoms with E-state index >= 15 is 0 Å². The van der Waals surface area contributed by atoms with E-state index < -0.39 is 11.5 Å². The zero-order valence-corrected chi connectivity index (χ0v) is 10.3. The average Bonchev–Trinajstić information content (AvgIpc) is 2.28. The molecule has 0 radical (unpaired) electrons. The fraction of sp³-hybridized carbons (Fsp3) is 0.0833. The lowest BCUT2D eigenvalue weighted by Crippen LogP contribution is -2.24. The predicted molar refractivity (Wildman–Crippen MR) is 69.0 cm³/mol. The van der Waals surface area contributed by atoms with Gasteiger partial charge in [0.1, 0.15) is 11.4 Å². The van der Waals surface area contributed by atoms with Gasteiger partial charge in [-0.2, -0.15) is 0 Å². The van der Waals surface area contributed by atoms with Crippen LogP contribution in [0.2, 0.25) is 5.02 Å². The maximum Gasteiger partial charge on any atom is 0.263 e. The number of carbonyl (C=O) groups excluding carboxylic acids is 1. The van der Waals surface area contributed by atoms with Crippen molar-refractivity contribution in [3.63, 3.8) is 0 Å². The molecule has 2 N–H and O–H groups in total. The molecule has 0 saturated carbocycles. The highest BCUT2D eigenvalue weighted by Crippen LogP contribution is 2.15. The van der Waals surface area contributed by atoms with Gasteiger partial charge in [0.25, 0.3) is 11.5 Å². The number of hydrogen-bond donors (Lipinski definition) is 2. The van der Waals surface area contributed by atoms with Crippen LogP contribution in [0, 0.1) is 6.92 Å². The van der Waals surface area contributed by atoms with Crippen molar-refractivity contribution in [3.05, 3.63) is 57.2 Å². The zero-order valence-electron chi connectivity index (χ0n) is 9.53. The van der Waals surface area contributed by atoms with Crippen molar-refractivity contribution in [2.45, 2.75) is 6.92 Å². The van der Waals surface area contributed by atoms with Crippen molar-refractivity contribution in [3.8, 4) is 0 Å². The molecule has 2 aromatic rings. The van der Waals surface area contributed by atoms with Crippen molar-refractivity contribution in [2.24, 2.45) is 0 Å². The van der Waals surface area contributed by atoms with Crippen molar-refractivity contribution in [1.82, 2.24) is 9.97 Å². The molecule has 6 heteroatoms. The Balaban J connectivity index is 2.25. The summed E-state index contributed by atoms with van der Waals surface area (Å²) in [5.74, 6) is -0.0645. The Kier molecular flexibility index (Phi) is 3.43. The van der Waals surface area contributed by atoms with Gasteiger partial charge in [-0.25, -0.2) is 4.98 Å². The average molecular weight is 264 g/mol. The van der Waals surface area contributed by atoms with E-state index in [1.807, 2.05) is 0 Å². The second kappa shape index (κ2) is 5.01. The van der Waals surface area contributed by atoms with Gasteiger partial charge >= 0.3 is 0 Å². The van der Waals surface area contributed by atoms with Crippen molar-refractivity contribution < 1.29 is 4.79 Å². The number of aryl methyl sites for hydroxylation is 1. The van der Waals surface area contributed by atoms with Crippen LogP contribution in [0.1, 0.15) is 16.2 Å². The Morgan fingerprint density at radius 3 is 2.89 bits per heavy atom. The molecule has 1 heterocycles. The topological polar surface area (TPSA) is 74.8 Å². The fourth-order valence-electron chi connectivity index (χ4n) is 1.41. The number of nitrogens with zero attached hydrogens (tertiary/aromatic N) is 1. The Labute approximate surface area is 108 Å². The van der Waals surface area contributed by atoms with E-state index in [1.54, 1.807) is 31.2 Å². The summed E-state index contributed by atoms with van der Waals surface area (Å²) >= 11 is 5.79. The molecule has 0 bridgehead atoms. The summed E-state index contributed by atoms with van der Waals surface area (Å²) in [7, 11) is 0. The first-order valence-electron chi connectivity index (χ1n) is 5.19. The summed E-state index contributed by atoms with van der Waals surface area (Å²) in [5.41, 5.74) is 0.00933. The summed E-state index contributed by atoms with van der Waals surface area (Å²) in [4.78, 5) is 29.7. The first-order valence-corrected chi connectivity index (χ1v) is 5.57. The third kappa shape index (κ3) is 2.75. The number of anilines is 1. The van der Waals surface area contributed by atoms with Crippen LogP contribution < -0.4 is 10.9 Å². The van der Waals surface area contributed by atoms with E-state index in [4.69, 9.17) is 11.6 Å². The van der Waals surface area contributed by atoms with Gasteiger partial charge in [0, 0.05) is 16.9 Å². The van der Waals surface area contributed by atoms with Crippen LogP contribution in [-0.2, 0) is 0 Å². The van der Waals surface area contributed by atoms with Crippen molar-refractivity contribution in [1.29, 1.82) is 0 Å². The molecule has 5 nitrogen and oxygen atoms in total. The quantitative estimate of drug-likeness (QED) is 0.870. The summed E-state index contributed by atoms with van der Waals surface area (Å²) in [6, 6.07) is 6.67. The van der Waals surface area contributed by atoms with Gasteiger partial charge in [-0.05, 0) is 25.1 Å². The fourth-order valence-corrected chi connectivity index (χ4v) is 1.60. The zero-order chi connectivity index (χ0) is 13.1. The lowest BCUT2D eigenvalue weighted by atomic mass is 10.2. The number of aromatic amines is 1. The van der Waals surface area contributed by atoms with E-state index in [9.17, 15) is 9.59 Å². The molecule has 0 atom stereocenters. The Morgan fingerprint density at radius 2 is 2.22 bits per heavy atom. The number of benzene rings is 1. The molecule has 0 aliphatic carbocycles. The molecule has 0 aliphatic heterocycles. The van der Waals surface area contributed by atoms with Gasteiger partial charge < -0.3 is 10.3 Å². The minimum atomic E-state index is -0.522. The van der Waals surface area contributed by atoms with Crippen molar-refractivity contribution >= 4 is 23.2 Å². The van der Waals surface area contributed by atoms with Crippen LogP contribution in [0.4, 0.5) is 5.69 Å². The summed E-state index contributed by atoms with van der Waals surface area (Å²) in [6.45, 7) is 1.64. The molecule has 2 rings (SSSR count). The normalized spacial score (nSPS) is 10.1. The molecule has 0 saturated heterocycles. The number of carbonyl (C=O) groups is 1. The van der Waals surface area contributed by atoms with Crippen LogP contribution in [0.3, 0.4) is 0 Å². The van der Waals surface area contributed by atoms with Gasteiger partial charge in [-0.15, -0.1) is 0 Å². The van der Waals surface area contributed by atoms with Gasteiger partial charge in [-0.1, -0.05) is 17.7 Å². The smallest absolute Gasteiger partial charge is 0.263 e. The number of rotatable bonds is 2. The molecule has 0 aliphatic rings. The van der Waals surface area contributed by atoms with Crippen molar-refractivity contribution in [2.75, 3.05) is 5.32 Å². The highest BCUT2D eigenvalue weighted by Gasteiger charge is 2.11. The van der Waals surface area contributed by atoms with Gasteiger partial charge in [-0.3, -0.25) is 9.59 Å². The van der Waals surface area contributed by atoms with Crippen LogP contribution >= 0.6 is 11.6 Å². The Hall–Kier alpha value is -2.14. The Bertz CT molecular complexity index is 652. The van der Waals surface area contributed by atoms with E-state index in [0.717, 1.165) is 0 Å². The molecule has 0 unspecified atom stereocenters. The number of amides is 1. The van der Waals surface area contributed by atoms with Crippen LogP contribution in [-0.4, -0.2) is 15.9 Å². The van der Waals surface area contributed by atoms with E-state index in [2.05, 4.69) is 15.3 Å². The highest BCUT2D eigenvalue weighted by atomic mass is 35.5. The molecule has 1 amide bonds. The summed E-state index contributed by atoms with van der Waals surface area (Å²) in [5, 5.41) is 3.08. The lowest BCUT2D eigenvalue weighted by molar-refractivity contribution is 0.102. The van der Waals surface area contributed by atoms with Crippen LogP contribution in [0.15, 0.2) is 35.3 Å². The molecular formula is C12H10ClN3O2. The predicted octanol–water partition coefficient (Wildman–Crippen LogP) is 1.98. The summed E-state index contributed by atoms with van der Waals surface area (Å²) < 4.78 is 0. The standard InChI is InChI=1S/C12H10ClN3O2/c1-7-14-6-10(11(17)15-7)12(18)16-9-4-2-3-8(13)5-9/h2-6H,1H3,(H,16,18)(H,14,15,17). The van der Waals surface area contributed by atoms with Gasteiger partial charge in [0.05, 0.1) is 0 Å². The van der Waals surface area contributed by atoms with Crippen LogP contribution in [0.25, 0.3) is 0 Å². The minimum absolute atomic E-state index is 0.0411. The number of halogens is 1. The molecule has 92 valence electrons. The molecule has 0 spiro atoms. The maximum atomic E-state index is 11.8. The SMILES string of the molecule is Cc1ncc(C(=O)Nc2cccc(Cl)c2)c(=O)[nH]1. The molecule has 0 fully saturated rings. The third-order valence-electron chi connectivity index (χ3n) is 2.25. The second-order valence-electron chi connectivity index (χ2n) is 3.68. The van der Waals surface area contributed by atoms with Gasteiger partial charge in [0.2, 0.25) is 0 Å². The van der Waals surface area contributed by atoms with E-state index in [0.29, 0.717) is 16.5 Å². The third-order valence-corrected chi connectivity index (χ3v) is 2.49. The van der Waals surface area contributed by atoms with Crippen LogP contribution in [0.5, 0.6) is 0 Å². The Morgan fingerprint density at radius 1 is 1.44 bits per heavy atom. The second-order valence-corrected chi connectivity index (χ2v) is 4.11. The highest BCUT2D eigenvalue weighted by molar-refractivity contribution is 6.30. The number of hydrogen-bond acceptors (Lipinski definition) is 3. The molecule has 1 aromatic carbocycles. The summed E-state index contributed by atoms with van der Waals surface area (Å²) in [6.07, 6.45) is 1.24. The molecular weight excluding hydrogens is 254 g/mol. The maximum absolute atomic E-state index is 11.8. The first-order chi connectivity index (χ1) is 8.56. The van der Waals surface area contributed by atoms with Gasteiger partial charge in [0.15, 0.2) is 0 Å². The lowest BCUT2D eigenvalue weighted by Gasteiger charge is -2.04. The van der Waals surface area contributed by atoms with E-state index in [-0.39, 0.29) is 5.56 Å². The first kappa shape index (κ1) is 12.3. The molecule has 1 aromatic heterocycles. The largest absolute Gasteiger partial charge is 0.322 e. The van der Waals surface area contributed by atoms with E-state index in [1.165, 1.54) is 6.20 Å². The minimum Gasteiger partial charge on any atom is -0.322 e. The number of nitrogens with one attached hydrogen (secondary N) is 2. The molecule has 18 heavy (non-hydrogen) atoms.